The van der Waals surface area contributed by atoms with Gasteiger partial charge in [0.1, 0.15) is 0 Å². The molecule has 1 aromatic rings. The zero-order chi connectivity index (χ0) is 13.0. The van der Waals surface area contributed by atoms with Crippen LogP contribution < -0.4 is 11.1 Å². The number of carbonyl (C=O) groups is 1. The minimum Gasteiger partial charge on any atom is -0.354 e. The minimum atomic E-state index is -0.435. The molecular formula is C14H22N2O. The Morgan fingerprint density at radius 3 is 2.29 bits per heavy atom. The summed E-state index contributed by atoms with van der Waals surface area (Å²) in [7, 11) is 0. The van der Waals surface area contributed by atoms with Gasteiger partial charge in [-0.2, -0.15) is 0 Å². The van der Waals surface area contributed by atoms with Crippen LogP contribution in [0.4, 0.5) is 0 Å². The predicted molar refractivity (Wildman–Crippen MR) is 71.0 cm³/mol. The van der Waals surface area contributed by atoms with Gasteiger partial charge in [-0.15, -0.1) is 0 Å². The zero-order valence-electron chi connectivity index (χ0n) is 11.1. The van der Waals surface area contributed by atoms with Crippen molar-refractivity contribution < 1.29 is 4.79 Å². The Kier molecular flexibility index (Phi) is 4.70. The molecule has 94 valence electrons. The third kappa shape index (κ3) is 3.86. The Balaban J connectivity index is 2.61. The monoisotopic (exact) mass is 234 g/mol. The number of amides is 1. The lowest BCUT2D eigenvalue weighted by molar-refractivity contribution is -0.121. The molecule has 0 saturated heterocycles. The molecule has 0 unspecified atom stereocenters. The third-order valence-corrected chi connectivity index (χ3v) is 2.93. The lowest BCUT2D eigenvalue weighted by Gasteiger charge is -2.12. The fourth-order valence-electron chi connectivity index (χ4n) is 2.08. The summed E-state index contributed by atoms with van der Waals surface area (Å²) in [6.45, 7) is 8.66. The van der Waals surface area contributed by atoms with Crippen molar-refractivity contribution in [3.63, 3.8) is 0 Å². The van der Waals surface area contributed by atoms with Crippen LogP contribution in [0.5, 0.6) is 0 Å². The molecule has 0 heterocycles. The lowest BCUT2D eigenvalue weighted by atomic mass is 9.97. The summed E-state index contributed by atoms with van der Waals surface area (Å²) >= 11 is 0. The summed E-state index contributed by atoms with van der Waals surface area (Å²) in [6.07, 6.45) is 0.858. The van der Waals surface area contributed by atoms with E-state index in [0.29, 0.717) is 6.54 Å². The molecule has 3 nitrogen and oxygen atoms in total. The average Bonchev–Trinajstić information content (AvgIpc) is 2.21. The quantitative estimate of drug-likeness (QED) is 0.831. The Morgan fingerprint density at radius 2 is 1.82 bits per heavy atom. The smallest absolute Gasteiger partial charge is 0.236 e. The van der Waals surface area contributed by atoms with Gasteiger partial charge in [0.05, 0.1) is 6.04 Å². The van der Waals surface area contributed by atoms with Crippen molar-refractivity contribution in [3.8, 4) is 0 Å². The SMILES string of the molecule is Cc1cc(C)c(CCNC(=O)[C@@H](C)N)c(C)c1. The van der Waals surface area contributed by atoms with Crippen LogP contribution in [0.3, 0.4) is 0 Å². The fraction of sp³-hybridized carbons (Fsp3) is 0.500. The van der Waals surface area contributed by atoms with Crippen LogP contribution in [0, 0.1) is 20.8 Å². The number of rotatable bonds is 4. The van der Waals surface area contributed by atoms with Crippen LogP contribution in [-0.2, 0) is 11.2 Å². The molecule has 1 amide bonds. The molecule has 0 fully saturated rings. The van der Waals surface area contributed by atoms with Crippen LogP contribution in [0.1, 0.15) is 29.2 Å². The Bertz CT molecular complexity index is 388. The molecule has 0 aliphatic rings. The number of carbonyl (C=O) groups excluding carboxylic acids is 1. The molecule has 0 spiro atoms. The number of hydrogen-bond donors (Lipinski definition) is 2. The molecule has 0 bridgehead atoms. The molecule has 1 rings (SSSR count). The maximum atomic E-state index is 11.3. The summed E-state index contributed by atoms with van der Waals surface area (Å²) in [5.41, 5.74) is 10.7. The van der Waals surface area contributed by atoms with Crippen LogP contribution in [0.25, 0.3) is 0 Å². The normalized spacial score (nSPS) is 12.3. The van der Waals surface area contributed by atoms with Crippen LogP contribution >= 0.6 is 0 Å². The van der Waals surface area contributed by atoms with E-state index in [-0.39, 0.29) is 5.91 Å². The number of benzene rings is 1. The van der Waals surface area contributed by atoms with Gasteiger partial charge in [0.2, 0.25) is 5.91 Å². The molecular weight excluding hydrogens is 212 g/mol. The first-order chi connectivity index (χ1) is 7.91. The zero-order valence-corrected chi connectivity index (χ0v) is 11.1. The standard InChI is InChI=1S/C14H22N2O/c1-9-7-10(2)13(11(3)8-9)5-6-16-14(17)12(4)15/h7-8,12H,5-6,15H2,1-4H3,(H,16,17)/t12-/m1/s1. The molecule has 0 aliphatic heterocycles. The van der Waals surface area contributed by atoms with Gasteiger partial charge in [0, 0.05) is 6.54 Å². The molecule has 1 aromatic carbocycles. The summed E-state index contributed by atoms with van der Waals surface area (Å²) in [4.78, 5) is 11.3. The summed E-state index contributed by atoms with van der Waals surface area (Å²) < 4.78 is 0. The van der Waals surface area contributed by atoms with Gasteiger partial charge >= 0.3 is 0 Å². The van der Waals surface area contributed by atoms with Crippen LogP contribution in [-0.4, -0.2) is 18.5 Å². The molecule has 0 saturated carbocycles. The Labute approximate surface area is 103 Å². The van der Waals surface area contributed by atoms with Crippen molar-refractivity contribution >= 4 is 5.91 Å². The van der Waals surface area contributed by atoms with Gasteiger partial charge in [0.15, 0.2) is 0 Å². The minimum absolute atomic E-state index is 0.0904. The highest BCUT2D eigenvalue weighted by Crippen LogP contribution is 2.16. The van der Waals surface area contributed by atoms with Crippen LogP contribution in [0.2, 0.25) is 0 Å². The summed E-state index contributed by atoms with van der Waals surface area (Å²) in [5, 5.41) is 2.84. The summed E-state index contributed by atoms with van der Waals surface area (Å²) in [6, 6.07) is 3.92. The van der Waals surface area contributed by atoms with E-state index >= 15 is 0 Å². The van der Waals surface area contributed by atoms with Crippen LogP contribution in [0.15, 0.2) is 12.1 Å². The predicted octanol–water partition coefficient (Wildman–Crippen LogP) is 1.62. The lowest BCUT2D eigenvalue weighted by Crippen LogP contribution is -2.39. The second-order valence-electron chi connectivity index (χ2n) is 4.71. The molecule has 3 heteroatoms. The highest BCUT2D eigenvalue weighted by Gasteiger charge is 2.07. The topological polar surface area (TPSA) is 55.1 Å². The first-order valence-corrected chi connectivity index (χ1v) is 6.02. The number of hydrogen-bond acceptors (Lipinski definition) is 2. The van der Waals surface area contributed by atoms with Gasteiger partial charge in [0.25, 0.3) is 0 Å². The van der Waals surface area contributed by atoms with E-state index in [1.165, 1.54) is 22.3 Å². The van der Waals surface area contributed by atoms with Gasteiger partial charge in [-0.25, -0.2) is 0 Å². The van der Waals surface area contributed by atoms with E-state index in [2.05, 4.69) is 38.2 Å². The molecule has 0 aliphatic carbocycles. The van der Waals surface area contributed by atoms with Crippen molar-refractivity contribution in [2.45, 2.75) is 40.2 Å². The molecule has 0 radical (unpaired) electrons. The maximum Gasteiger partial charge on any atom is 0.236 e. The second kappa shape index (κ2) is 5.82. The first-order valence-electron chi connectivity index (χ1n) is 6.02. The fourth-order valence-corrected chi connectivity index (χ4v) is 2.08. The van der Waals surface area contributed by atoms with Crippen molar-refractivity contribution in [3.05, 3.63) is 34.4 Å². The highest BCUT2D eigenvalue weighted by atomic mass is 16.2. The number of aryl methyl sites for hydroxylation is 3. The second-order valence-corrected chi connectivity index (χ2v) is 4.71. The van der Waals surface area contributed by atoms with E-state index < -0.39 is 6.04 Å². The van der Waals surface area contributed by atoms with E-state index in [1.807, 2.05) is 0 Å². The van der Waals surface area contributed by atoms with Crippen molar-refractivity contribution in [1.29, 1.82) is 0 Å². The van der Waals surface area contributed by atoms with E-state index in [0.717, 1.165) is 6.42 Å². The summed E-state index contributed by atoms with van der Waals surface area (Å²) in [5.74, 6) is -0.0904. The number of nitrogens with one attached hydrogen (secondary N) is 1. The largest absolute Gasteiger partial charge is 0.354 e. The van der Waals surface area contributed by atoms with Crippen molar-refractivity contribution in [2.75, 3.05) is 6.54 Å². The maximum absolute atomic E-state index is 11.3. The third-order valence-electron chi connectivity index (χ3n) is 2.93. The Morgan fingerprint density at radius 1 is 1.29 bits per heavy atom. The van der Waals surface area contributed by atoms with Gasteiger partial charge in [-0.3, -0.25) is 4.79 Å². The van der Waals surface area contributed by atoms with E-state index in [9.17, 15) is 4.79 Å². The van der Waals surface area contributed by atoms with E-state index in [4.69, 9.17) is 5.73 Å². The first kappa shape index (κ1) is 13.7. The average molecular weight is 234 g/mol. The number of nitrogens with two attached hydrogens (primary N) is 1. The molecule has 17 heavy (non-hydrogen) atoms. The van der Waals surface area contributed by atoms with Gasteiger partial charge in [-0.1, -0.05) is 17.7 Å². The van der Waals surface area contributed by atoms with Gasteiger partial charge in [-0.05, 0) is 50.8 Å². The van der Waals surface area contributed by atoms with E-state index in [1.54, 1.807) is 6.92 Å². The Hall–Kier alpha value is -1.35. The van der Waals surface area contributed by atoms with Crippen molar-refractivity contribution in [1.82, 2.24) is 5.32 Å². The van der Waals surface area contributed by atoms with Crippen molar-refractivity contribution in [2.24, 2.45) is 5.73 Å². The molecule has 3 N–H and O–H groups in total. The van der Waals surface area contributed by atoms with Gasteiger partial charge < -0.3 is 11.1 Å². The molecule has 0 aromatic heterocycles. The highest BCUT2D eigenvalue weighted by molar-refractivity contribution is 5.80. The molecule has 1 atom stereocenters.